The summed E-state index contributed by atoms with van der Waals surface area (Å²) in [5, 5.41) is 0. The van der Waals surface area contributed by atoms with Crippen molar-refractivity contribution in [1.29, 1.82) is 0 Å². The number of nitrogens with two attached hydrogens (primary N) is 1. The highest BCUT2D eigenvalue weighted by Gasteiger charge is 2.19. The molecule has 1 fully saturated rings. The van der Waals surface area contributed by atoms with E-state index < -0.39 is 0 Å². The van der Waals surface area contributed by atoms with Gasteiger partial charge in [-0.25, -0.2) is 4.98 Å². The van der Waals surface area contributed by atoms with Crippen molar-refractivity contribution < 1.29 is 4.79 Å². The minimum Gasteiger partial charge on any atom is -0.397 e. The van der Waals surface area contributed by atoms with Crippen molar-refractivity contribution in [3.63, 3.8) is 0 Å². The van der Waals surface area contributed by atoms with Gasteiger partial charge in [0.25, 0.3) is 0 Å². The highest BCUT2D eigenvalue weighted by molar-refractivity contribution is 5.89. The van der Waals surface area contributed by atoms with Crippen molar-refractivity contribution in [2.45, 2.75) is 45.6 Å². The topological polar surface area (TPSA) is 64.1 Å². The number of likely N-dealkylation sites (tertiary alicyclic amines) is 1. The quantitative estimate of drug-likeness (QED) is 0.886. The third kappa shape index (κ3) is 2.80. The summed E-state index contributed by atoms with van der Waals surface area (Å²) in [7, 11) is 0. The largest absolute Gasteiger partial charge is 0.397 e. The average molecular weight is 300 g/mol. The fourth-order valence-corrected chi connectivity index (χ4v) is 3.22. The Hall–Kier alpha value is -2.04. The number of para-hydroxylation sites is 1. The van der Waals surface area contributed by atoms with Gasteiger partial charge >= 0.3 is 0 Å². The van der Waals surface area contributed by atoms with Gasteiger partial charge in [-0.3, -0.25) is 4.79 Å². The lowest BCUT2D eigenvalue weighted by atomic mass is 10.2. The monoisotopic (exact) mass is 300 g/mol. The number of rotatable bonds is 3. The van der Waals surface area contributed by atoms with E-state index in [1.165, 1.54) is 12.8 Å². The van der Waals surface area contributed by atoms with Gasteiger partial charge in [-0.05, 0) is 25.0 Å². The molecule has 0 unspecified atom stereocenters. The van der Waals surface area contributed by atoms with Gasteiger partial charge in [0, 0.05) is 19.5 Å². The maximum Gasteiger partial charge on any atom is 0.242 e. The van der Waals surface area contributed by atoms with E-state index in [1.807, 2.05) is 27.7 Å². The van der Waals surface area contributed by atoms with Gasteiger partial charge in [-0.2, -0.15) is 0 Å². The Morgan fingerprint density at radius 3 is 2.64 bits per heavy atom. The molecule has 22 heavy (non-hydrogen) atoms. The molecular formula is C17H24N4O. The van der Waals surface area contributed by atoms with E-state index in [-0.39, 0.29) is 5.91 Å². The van der Waals surface area contributed by atoms with Gasteiger partial charge in [0.05, 0.1) is 11.2 Å². The number of carbonyl (C=O) groups excluding carboxylic acids is 1. The lowest BCUT2D eigenvalue weighted by Crippen LogP contribution is -2.34. The molecule has 2 heterocycles. The van der Waals surface area contributed by atoms with Crippen molar-refractivity contribution >= 4 is 22.6 Å². The third-order valence-corrected chi connectivity index (χ3v) is 4.46. The molecule has 118 valence electrons. The molecule has 0 spiro atoms. The molecule has 5 heteroatoms. The van der Waals surface area contributed by atoms with Crippen molar-refractivity contribution in [3.05, 3.63) is 24.0 Å². The molecule has 5 nitrogen and oxygen atoms in total. The van der Waals surface area contributed by atoms with Crippen LogP contribution in [0.3, 0.4) is 0 Å². The maximum atomic E-state index is 12.7. The van der Waals surface area contributed by atoms with E-state index in [9.17, 15) is 4.79 Å². The van der Waals surface area contributed by atoms with E-state index in [0.29, 0.717) is 12.2 Å². The Morgan fingerprint density at radius 1 is 1.23 bits per heavy atom. The number of nitrogen functional groups attached to an aromatic ring is 1. The molecule has 1 aromatic carbocycles. The summed E-state index contributed by atoms with van der Waals surface area (Å²) in [6.07, 6.45) is 5.48. The Labute approximate surface area is 131 Å². The summed E-state index contributed by atoms with van der Waals surface area (Å²) in [6.45, 7) is 4.19. The SMILES string of the molecule is CCc1nc2c(N)cccc2n1CC(=O)N1CCCCCC1. The number of nitrogens with zero attached hydrogens (tertiary/aromatic N) is 3. The molecule has 1 aromatic heterocycles. The van der Waals surface area contributed by atoms with Gasteiger partial charge in [0.15, 0.2) is 0 Å². The van der Waals surface area contributed by atoms with Gasteiger partial charge in [-0.1, -0.05) is 25.8 Å². The summed E-state index contributed by atoms with van der Waals surface area (Å²) in [5.74, 6) is 1.12. The second-order valence-corrected chi connectivity index (χ2v) is 5.98. The number of aryl methyl sites for hydroxylation is 1. The first-order valence-electron chi connectivity index (χ1n) is 8.22. The predicted molar refractivity (Wildman–Crippen MR) is 88.6 cm³/mol. The van der Waals surface area contributed by atoms with E-state index >= 15 is 0 Å². The first-order valence-corrected chi connectivity index (χ1v) is 8.22. The first-order chi connectivity index (χ1) is 10.7. The number of anilines is 1. The zero-order valence-corrected chi connectivity index (χ0v) is 13.2. The number of fused-ring (bicyclic) bond motifs is 1. The van der Waals surface area contributed by atoms with Crippen LogP contribution >= 0.6 is 0 Å². The zero-order valence-electron chi connectivity index (χ0n) is 13.2. The molecule has 3 rings (SSSR count). The Morgan fingerprint density at radius 2 is 1.95 bits per heavy atom. The van der Waals surface area contributed by atoms with Crippen LogP contribution in [-0.2, 0) is 17.8 Å². The van der Waals surface area contributed by atoms with Gasteiger partial charge < -0.3 is 15.2 Å². The summed E-state index contributed by atoms with van der Waals surface area (Å²) < 4.78 is 2.03. The van der Waals surface area contributed by atoms with E-state index in [2.05, 4.69) is 11.9 Å². The molecule has 2 N–H and O–H groups in total. The molecule has 0 radical (unpaired) electrons. The van der Waals surface area contributed by atoms with E-state index in [4.69, 9.17) is 5.73 Å². The van der Waals surface area contributed by atoms with Crippen LogP contribution < -0.4 is 5.73 Å². The fourth-order valence-electron chi connectivity index (χ4n) is 3.22. The summed E-state index contributed by atoms with van der Waals surface area (Å²) in [4.78, 5) is 19.3. The summed E-state index contributed by atoms with van der Waals surface area (Å²) in [5.41, 5.74) is 8.46. The smallest absolute Gasteiger partial charge is 0.242 e. The van der Waals surface area contributed by atoms with Crippen molar-refractivity contribution in [3.8, 4) is 0 Å². The van der Waals surface area contributed by atoms with Crippen molar-refractivity contribution in [2.24, 2.45) is 0 Å². The van der Waals surface area contributed by atoms with Crippen LogP contribution in [0.1, 0.15) is 38.4 Å². The van der Waals surface area contributed by atoms with Crippen LogP contribution in [0, 0.1) is 0 Å². The number of hydrogen-bond donors (Lipinski definition) is 1. The molecule has 1 aliphatic rings. The van der Waals surface area contributed by atoms with Gasteiger partial charge in [0.1, 0.15) is 17.9 Å². The minimum atomic E-state index is 0.193. The molecule has 0 atom stereocenters. The molecule has 1 saturated heterocycles. The number of carbonyl (C=O) groups is 1. The van der Waals surface area contributed by atoms with Crippen LogP contribution in [0.4, 0.5) is 5.69 Å². The number of benzene rings is 1. The van der Waals surface area contributed by atoms with Crippen molar-refractivity contribution in [2.75, 3.05) is 18.8 Å². The zero-order chi connectivity index (χ0) is 15.5. The highest BCUT2D eigenvalue weighted by atomic mass is 16.2. The lowest BCUT2D eigenvalue weighted by Gasteiger charge is -2.21. The predicted octanol–water partition coefficient (Wildman–Crippen LogP) is 2.58. The first kappa shape index (κ1) is 14.9. The summed E-state index contributed by atoms with van der Waals surface area (Å²) >= 11 is 0. The lowest BCUT2D eigenvalue weighted by molar-refractivity contribution is -0.131. The van der Waals surface area contributed by atoms with Crippen LogP contribution in [0.5, 0.6) is 0 Å². The van der Waals surface area contributed by atoms with Gasteiger partial charge in [-0.15, -0.1) is 0 Å². The van der Waals surface area contributed by atoms with Crippen LogP contribution in [0.15, 0.2) is 18.2 Å². The molecule has 0 aliphatic carbocycles. The molecule has 2 aromatic rings. The Balaban J connectivity index is 1.89. The number of aromatic nitrogens is 2. The van der Waals surface area contributed by atoms with Crippen LogP contribution in [0.2, 0.25) is 0 Å². The molecule has 1 amide bonds. The number of imidazole rings is 1. The normalized spacial score (nSPS) is 16.0. The third-order valence-electron chi connectivity index (χ3n) is 4.46. The standard InChI is InChI=1S/C17H24N4O/c1-2-15-19-17-13(18)8-7-9-14(17)21(15)12-16(22)20-10-5-3-4-6-11-20/h7-9H,2-6,10-12,18H2,1H3. The van der Waals surface area contributed by atoms with E-state index in [1.54, 1.807) is 0 Å². The average Bonchev–Trinajstić information content (AvgIpc) is 2.71. The fraction of sp³-hybridized carbons (Fsp3) is 0.529. The second-order valence-electron chi connectivity index (χ2n) is 5.98. The van der Waals surface area contributed by atoms with Crippen LogP contribution in [-0.4, -0.2) is 33.4 Å². The Kier molecular flexibility index (Phi) is 4.32. The molecule has 1 aliphatic heterocycles. The Bertz CT molecular complexity index is 669. The number of hydrogen-bond acceptors (Lipinski definition) is 3. The molecule has 0 bridgehead atoms. The summed E-state index contributed by atoms with van der Waals surface area (Å²) in [6, 6.07) is 5.77. The number of amides is 1. The van der Waals surface area contributed by atoms with Crippen LogP contribution in [0.25, 0.3) is 11.0 Å². The van der Waals surface area contributed by atoms with E-state index in [0.717, 1.165) is 49.2 Å². The minimum absolute atomic E-state index is 0.193. The molecule has 0 saturated carbocycles. The van der Waals surface area contributed by atoms with Gasteiger partial charge in [0.2, 0.25) is 5.91 Å². The highest BCUT2D eigenvalue weighted by Crippen LogP contribution is 2.22. The maximum absolute atomic E-state index is 12.7. The molecular weight excluding hydrogens is 276 g/mol. The van der Waals surface area contributed by atoms with Crippen molar-refractivity contribution in [1.82, 2.24) is 14.5 Å². The second kappa shape index (κ2) is 6.38.